The highest BCUT2D eigenvalue weighted by Gasteiger charge is 2.19. The molecule has 0 amide bonds. The predicted octanol–water partition coefficient (Wildman–Crippen LogP) is 8.65. The second-order valence-corrected chi connectivity index (χ2v) is 9.97. The maximum Gasteiger partial charge on any atom is 0.0652 e. The predicted molar refractivity (Wildman–Crippen MR) is 130 cm³/mol. The van der Waals surface area contributed by atoms with Crippen LogP contribution in [0.15, 0.2) is 72.8 Å². The number of thiophene rings is 2. The minimum atomic E-state index is 1.25. The Morgan fingerprint density at radius 1 is 0.552 bits per heavy atom. The van der Waals surface area contributed by atoms with Crippen LogP contribution in [-0.2, 0) is 0 Å². The first kappa shape index (κ1) is 14.8. The minimum absolute atomic E-state index is 1.25. The van der Waals surface area contributed by atoms with Gasteiger partial charge in [0, 0.05) is 51.9 Å². The fourth-order valence-electron chi connectivity index (χ4n) is 5.16. The number of H-pyrrole nitrogens is 1. The van der Waals surface area contributed by atoms with Crippen LogP contribution < -0.4 is 0 Å². The zero-order valence-electron chi connectivity index (χ0n) is 15.2. The third-order valence-electron chi connectivity index (χ3n) is 6.34. The van der Waals surface area contributed by atoms with Crippen molar-refractivity contribution >= 4 is 95.6 Å². The van der Waals surface area contributed by atoms with E-state index < -0.39 is 0 Å². The largest absolute Gasteiger partial charge is 0.353 e. The molecule has 0 fully saturated rings. The van der Waals surface area contributed by atoms with Gasteiger partial charge in [-0.15, -0.1) is 22.7 Å². The Morgan fingerprint density at radius 3 is 2.24 bits per heavy atom. The van der Waals surface area contributed by atoms with Crippen molar-refractivity contribution in [2.45, 2.75) is 0 Å². The molecule has 8 aromatic rings. The van der Waals surface area contributed by atoms with Crippen LogP contribution >= 0.6 is 22.7 Å². The van der Waals surface area contributed by atoms with Crippen LogP contribution in [0.1, 0.15) is 0 Å². The number of benzene rings is 5. The summed E-state index contributed by atoms with van der Waals surface area (Å²) in [5, 5.41) is 11.0. The molecule has 3 heterocycles. The molecular weight excluding hydrogens is 390 g/mol. The quantitative estimate of drug-likeness (QED) is 0.244. The van der Waals surface area contributed by atoms with Crippen molar-refractivity contribution in [3.05, 3.63) is 72.8 Å². The van der Waals surface area contributed by atoms with E-state index in [-0.39, 0.29) is 0 Å². The van der Waals surface area contributed by atoms with Crippen molar-refractivity contribution in [1.29, 1.82) is 0 Å². The Bertz CT molecular complexity index is 1910. The molecule has 3 heteroatoms. The Labute approximate surface area is 173 Å². The van der Waals surface area contributed by atoms with Crippen LogP contribution in [0.25, 0.3) is 72.9 Å². The minimum Gasteiger partial charge on any atom is -0.353 e. The van der Waals surface area contributed by atoms with Crippen LogP contribution in [0.4, 0.5) is 0 Å². The molecule has 1 nitrogen and oxygen atoms in total. The van der Waals surface area contributed by atoms with Gasteiger partial charge in [-0.2, -0.15) is 0 Å². The van der Waals surface area contributed by atoms with Crippen LogP contribution in [0.3, 0.4) is 0 Å². The molecule has 0 aliphatic heterocycles. The summed E-state index contributed by atoms with van der Waals surface area (Å²) in [6.07, 6.45) is 0. The van der Waals surface area contributed by atoms with Gasteiger partial charge in [-0.3, -0.25) is 0 Å². The average molecular weight is 404 g/mol. The first-order chi connectivity index (χ1) is 14.4. The maximum atomic E-state index is 3.82. The smallest absolute Gasteiger partial charge is 0.0652 e. The van der Waals surface area contributed by atoms with Gasteiger partial charge in [0.25, 0.3) is 0 Å². The van der Waals surface area contributed by atoms with Gasteiger partial charge in [-0.05, 0) is 35.0 Å². The van der Waals surface area contributed by atoms with Crippen LogP contribution in [-0.4, -0.2) is 4.98 Å². The summed E-state index contributed by atoms with van der Waals surface area (Å²) in [4.78, 5) is 3.82. The van der Waals surface area contributed by atoms with Crippen LogP contribution in [0, 0.1) is 0 Å². The number of hydrogen-bond acceptors (Lipinski definition) is 2. The highest BCUT2D eigenvalue weighted by Crippen LogP contribution is 2.47. The van der Waals surface area contributed by atoms with Crippen molar-refractivity contribution in [3.8, 4) is 0 Å². The summed E-state index contributed by atoms with van der Waals surface area (Å²) in [6.45, 7) is 0. The zero-order chi connectivity index (χ0) is 18.7. The zero-order valence-corrected chi connectivity index (χ0v) is 16.9. The van der Waals surface area contributed by atoms with E-state index in [4.69, 9.17) is 0 Å². The van der Waals surface area contributed by atoms with Gasteiger partial charge in [0.2, 0.25) is 0 Å². The Balaban J connectivity index is 1.69. The highest BCUT2D eigenvalue weighted by molar-refractivity contribution is 7.27. The van der Waals surface area contributed by atoms with Gasteiger partial charge in [-0.1, -0.05) is 48.5 Å². The molecule has 0 bridgehead atoms. The molecule has 0 atom stereocenters. The Kier molecular flexibility index (Phi) is 2.49. The summed E-state index contributed by atoms with van der Waals surface area (Å²) in [5.74, 6) is 0. The van der Waals surface area contributed by atoms with Gasteiger partial charge < -0.3 is 4.98 Å². The topological polar surface area (TPSA) is 15.8 Å². The van der Waals surface area contributed by atoms with Crippen molar-refractivity contribution in [2.24, 2.45) is 0 Å². The number of nitrogens with one attached hydrogen (secondary N) is 1. The normalized spacial score (nSPS) is 12.8. The average Bonchev–Trinajstić information content (AvgIpc) is 3.42. The molecule has 0 saturated heterocycles. The first-order valence-electron chi connectivity index (χ1n) is 9.79. The highest BCUT2D eigenvalue weighted by atomic mass is 32.1. The summed E-state index contributed by atoms with van der Waals surface area (Å²) in [5.41, 5.74) is 2.55. The van der Waals surface area contributed by atoms with Gasteiger partial charge in [0.1, 0.15) is 0 Å². The summed E-state index contributed by atoms with van der Waals surface area (Å²) in [7, 11) is 0. The van der Waals surface area contributed by atoms with E-state index in [1.54, 1.807) is 0 Å². The molecule has 134 valence electrons. The Morgan fingerprint density at radius 2 is 1.34 bits per heavy atom. The second kappa shape index (κ2) is 4.88. The third kappa shape index (κ3) is 1.68. The molecule has 1 N–H and O–H groups in total. The van der Waals surface area contributed by atoms with Crippen molar-refractivity contribution in [2.75, 3.05) is 0 Å². The monoisotopic (exact) mass is 403 g/mol. The SMILES string of the molecule is c1ccc2c(c1)sc1c2cc2ccc3c4c(cc5[nH]c1c2c53)sc1ccccc14. The number of aromatic nitrogens is 1. The summed E-state index contributed by atoms with van der Waals surface area (Å²) < 4.78 is 5.45. The molecule has 0 aliphatic rings. The lowest BCUT2D eigenvalue weighted by Gasteiger charge is -2.05. The lowest BCUT2D eigenvalue weighted by molar-refractivity contribution is 1.59. The molecule has 5 aromatic carbocycles. The fourth-order valence-corrected chi connectivity index (χ4v) is 7.51. The van der Waals surface area contributed by atoms with Crippen molar-refractivity contribution in [1.82, 2.24) is 4.98 Å². The van der Waals surface area contributed by atoms with E-state index in [0.717, 1.165) is 0 Å². The number of fused-ring (bicyclic) bond motifs is 8. The van der Waals surface area contributed by atoms with Gasteiger partial charge in [-0.25, -0.2) is 0 Å². The van der Waals surface area contributed by atoms with E-state index in [9.17, 15) is 0 Å². The van der Waals surface area contributed by atoms with Crippen LogP contribution in [0.5, 0.6) is 0 Å². The Hall–Kier alpha value is -3.14. The van der Waals surface area contributed by atoms with Crippen molar-refractivity contribution in [3.63, 3.8) is 0 Å². The molecule has 3 aromatic heterocycles. The van der Waals surface area contributed by atoms with Gasteiger partial charge >= 0.3 is 0 Å². The standard InChI is InChI=1S/C26H13NS2/c1-3-7-19-14(5-1)17-11-13-9-10-16-23-15-6-2-4-8-20(15)28-21(23)12-18-24(16)22(13)25(27-18)26(17)29-19/h1-12,27H. The molecule has 0 saturated carbocycles. The molecule has 0 radical (unpaired) electrons. The molecule has 8 rings (SSSR count). The molecule has 0 unspecified atom stereocenters. The summed E-state index contributed by atoms with van der Waals surface area (Å²) >= 11 is 3.79. The third-order valence-corrected chi connectivity index (χ3v) is 8.67. The lowest BCUT2D eigenvalue weighted by Crippen LogP contribution is -1.78. The lowest BCUT2D eigenvalue weighted by atomic mass is 9.97. The van der Waals surface area contributed by atoms with Gasteiger partial charge in [0.05, 0.1) is 10.2 Å². The molecule has 29 heavy (non-hydrogen) atoms. The van der Waals surface area contributed by atoms with Gasteiger partial charge in [0.15, 0.2) is 0 Å². The van der Waals surface area contributed by atoms with E-state index in [1.165, 1.54) is 72.9 Å². The molecular formula is C26H13NS2. The van der Waals surface area contributed by atoms with E-state index in [1.807, 2.05) is 22.7 Å². The first-order valence-corrected chi connectivity index (χ1v) is 11.4. The molecule has 0 aliphatic carbocycles. The molecule has 0 spiro atoms. The van der Waals surface area contributed by atoms with E-state index >= 15 is 0 Å². The van der Waals surface area contributed by atoms with Crippen molar-refractivity contribution < 1.29 is 0 Å². The van der Waals surface area contributed by atoms with Crippen LogP contribution in [0.2, 0.25) is 0 Å². The maximum absolute atomic E-state index is 3.82. The van der Waals surface area contributed by atoms with E-state index in [2.05, 4.69) is 77.8 Å². The number of hydrogen-bond donors (Lipinski definition) is 1. The number of rotatable bonds is 0. The fraction of sp³-hybridized carbons (Fsp3) is 0. The second-order valence-electron chi connectivity index (χ2n) is 7.83. The summed E-state index contributed by atoms with van der Waals surface area (Å²) in [6, 6.07) is 26.9. The van der Waals surface area contributed by atoms with E-state index in [0.29, 0.717) is 0 Å². The number of aromatic amines is 1.